The first-order valence-corrected chi connectivity index (χ1v) is 10.8. The summed E-state index contributed by atoms with van der Waals surface area (Å²) in [4.78, 5) is 23.8. The number of anilines is 1. The Balaban J connectivity index is 1.41. The lowest BCUT2D eigenvalue weighted by Crippen LogP contribution is -2.25. The molecular formula is C21H26N4O2S. The van der Waals surface area contributed by atoms with E-state index in [1.165, 1.54) is 12.8 Å². The molecule has 28 heavy (non-hydrogen) atoms. The van der Waals surface area contributed by atoms with Gasteiger partial charge in [0.1, 0.15) is 5.82 Å². The zero-order chi connectivity index (χ0) is 19.3. The van der Waals surface area contributed by atoms with Crippen LogP contribution in [0, 0.1) is 0 Å². The molecule has 2 fully saturated rings. The van der Waals surface area contributed by atoms with Gasteiger partial charge in [0.2, 0.25) is 0 Å². The summed E-state index contributed by atoms with van der Waals surface area (Å²) >= 11 is 1.62. The molecule has 4 rings (SSSR count). The van der Waals surface area contributed by atoms with Crippen molar-refractivity contribution in [2.24, 2.45) is 0 Å². The van der Waals surface area contributed by atoms with Gasteiger partial charge in [-0.05, 0) is 43.4 Å². The van der Waals surface area contributed by atoms with E-state index in [0.717, 1.165) is 59.5 Å². The van der Waals surface area contributed by atoms with Crippen LogP contribution in [0.5, 0.6) is 0 Å². The molecule has 0 bridgehead atoms. The maximum absolute atomic E-state index is 12.1. The van der Waals surface area contributed by atoms with Crippen molar-refractivity contribution < 1.29 is 9.53 Å². The second-order valence-corrected chi connectivity index (χ2v) is 8.30. The van der Waals surface area contributed by atoms with Crippen molar-refractivity contribution in [1.82, 2.24) is 15.3 Å². The van der Waals surface area contributed by atoms with Gasteiger partial charge in [-0.2, -0.15) is 0 Å². The zero-order valence-electron chi connectivity index (χ0n) is 16.2. The molecule has 6 nitrogen and oxygen atoms in total. The number of ether oxygens (including phenoxy) is 1. The van der Waals surface area contributed by atoms with E-state index in [1.807, 2.05) is 30.3 Å². The minimum absolute atomic E-state index is 0.0209. The van der Waals surface area contributed by atoms with Crippen LogP contribution in [0.1, 0.15) is 47.3 Å². The lowest BCUT2D eigenvalue weighted by atomic mass is 10.1. The first-order valence-electron chi connectivity index (χ1n) is 9.86. The highest BCUT2D eigenvalue weighted by Crippen LogP contribution is 2.25. The molecule has 1 N–H and O–H groups in total. The Morgan fingerprint density at radius 1 is 1.21 bits per heavy atom. The number of hydrogen-bond donors (Lipinski definition) is 1. The van der Waals surface area contributed by atoms with Gasteiger partial charge in [-0.25, -0.2) is 9.97 Å². The Kier molecular flexibility index (Phi) is 6.12. The van der Waals surface area contributed by atoms with Gasteiger partial charge in [-0.15, -0.1) is 0 Å². The van der Waals surface area contributed by atoms with Gasteiger partial charge < -0.3 is 15.0 Å². The molecule has 1 aliphatic carbocycles. The number of nitrogens with zero attached hydrogens (tertiary/aromatic N) is 3. The summed E-state index contributed by atoms with van der Waals surface area (Å²) in [5, 5.41) is 3.79. The van der Waals surface area contributed by atoms with Gasteiger partial charge in [0, 0.05) is 43.6 Å². The number of hydrogen-bond acceptors (Lipinski definition) is 6. The lowest BCUT2D eigenvalue weighted by molar-refractivity contribution is 0.0951. The first kappa shape index (κ1) is 19.2. The topological polar surface area (TPSA) is 67.3 Å². The zero-order valence-corrected chi connectivity index (χ0v) is 17.0. The minimum Gasteiger partial charge on any atom is -0.378 e. The SMILES string of the molecule is COCc1cc(N2CCCC2)nc(SCc2ccc(C(=O)NC3CC3)cc2)n1. The second kappa shape index (κ2) is 8.92. The van der Waals surface area contributed by atoms with Gasteiger partial charge in [0.25, 0.3) is 5.91 Å². The van der Waals surface area contributed by atoms with Crippen molar-refractivity contribution >= 4 is 23.5 Å². The monoisotopic (exact) mass is 398 g/mol. The van der Waals surface area contributed by atoms with Crippen LogP contribution in [-0.2, 0) is 17.1 Å². The molecule has 1 aromatic carbocycles. The quantitative estimate of drug-likeness (QED) is 0.543. The number of aromatic nitrogens is 2. The van der Waals surface area contributed by atoms with Crippen molar-refractivity contribution in [2.45, 2.75) is 49.2 Å². The third kappa shape index (κ3) is 5.02. The van der Waals surface area contributed by atoms with Gasteiger partial charge in [0.05, 0.1) is 12.3 Å². The molecule has 0 atom stereocenters. The van der Waals surface area contributed by atoms with E-state index in [2.05, 4.69) is 15.2 Å². The lowest BCUT2D eigenvalue weighted by Gasteiger charge is -2.17. The molecule has 2 heterocycles. The maximum Gasteiger partial charge on any atom is 0.251 e. The number of nitrogens with one attached hydrogen (secondary N) is 1. The summed E-state index contributed by atoms with van der Waals surface area (Å²) in [6.45, 7) is 2.59. The van der Waals surface area contributed by atoms with Crippen molar-refractivity contribution in [3.8, 4) is 0 Å². The number of carbonyl (C=O) groups excluding carboxylic acids is 1. The van der Waals surface area contributed by atoms with Gasteiger partial charge in [0.15, 0.2) is 5.16 Å². The largest absolute Gasteiger partial charge is 0.378 e. The Morgan fingerprint density at radius 3 is 2.64 bits per heavy atom. The molecule has 1 saturated heterocycles. The first-order chi connectivity index (χ1) is 13.7. The summed E-state index contributed by atoms with van der Waals surface area (Å²) in [6.07, 6.45) is 4.63. The summed E-state index contributed by atoms with van der Waals surface area (Å²) in [5.74, 6) is 1.78. The number of amides is 1. The van der Waals surface area contributed by atoms with Crippen LogP contribution in [0.2, 0.25) is 0 Å². The highest BCUT2D eigenvalue weighted by Gasteiger charge is 2.23. The summed E-state index contributed by atoms with van der Waals surface area (Å²) < 4.78 is 5.27. The fraction of sp³-hybridized carbons (Fsp3) is 0.476. The van der Waals surface area contributed by atoms with Crippen LogP contribution < -0.4 is 10.2 Å². The number of methoxy groups -OCH3 is 1. The van der Waals surface area contributed by atoms with E-state index in [0.29, 0.717) is 12.6 Å². The van der Waals surface area contributed by atoms with Crippen molar-refractivity contribution in [3.63, 3.8) is 0 Å². The summed E-state index contributed by atoms with van der Waals surface area (Å²) in [7, 11) is 1.69. The predicted molar refractivity (Wildman–Crippen MR) is 111 cm³/mol. The molecular weight excluding hydrogens is 372 g/mol. The molecule has 0 radical (unpaired) electrons. The Hall–Kier alpha value is -2.12. The fourth-order valence-corrected chi connectivity index (χ4v) is 4.08. The molecule has 1 amide bonds. The van der Waals surface area contributed by atoms with E-state index in [9.17, 15) is 4.79 Å². The van der Waals surface area contributed by atoms with Gasteiger partial charge in [-0.3, -0.25) is 4.79 Å². The molecule has 1 aromatic heterocycles. The van der Waals surface area contributed by atoms with E-state index in [-0.39, 0.29) is 5.91 Å². The Bertz CT molecular complexity index is 818. The average molecular weight is 399 g/mol. The van der Waals surface area contributed by atoms with Crippen LogP contribution >= 0.6 is 11.8 Å². The number of rotatable bonds is 8. The van der Waals surface area contributed by atoms with Crippen LogP contribution in [0.25, 0.3) is 0 Å². The molecule has 1 saturated carbocycles. The van der Waals surface area contributed by atoms with E-state index in [1.54, 1.807) is 18.9 Å². The summed E-state index contributed by atoms with van der Waals surface area (Å²) in [5.41, 5.74) is 2.78. The normalized spacial score (nSPS) is 16.4. The van der Waals surface area contributed by atoms with Crippen LogP contribution in [0.4, 0.5) is 5.82 Å². The average Bonchev–Trinajstić information content (AvgIpc) is 3.35. The molecule has 0 spiro atoms. The molecule has 0 unspecified atom stereocenters. The van der Waals surface area contributed by atoms with Crippen LogP contribution in [0.15, 0.2) is 35.5 Å². The molecule has 7 heteroatoms. The standard InChI is InChI=1S/C21H26N4O2S/c1-27-13-18-12-19(25-10-2-3-11-25)24-21(23-18)28-14-15-4-6-16(7-5-15)20(26)22-17-8-9-17/h4-7,12,17H,2-3,8-11,13-14H2,1H3,(H,22,26). The number of benzene rings is 1. The Labute approximate surface area is 170 Å². The maximum atomic E-state index is 12.1. The summed E-state index contributed by atoms with van der Waals surface area (Å²) in [6, 6.07) is 10.2. The van der Waals surface area contributed by atoms with Crippen molar-refractivity contribution in [2.75, 3.05) is 25.1 Å². The predicted octanol–water partition coefficient (Wildman–Crippen LogP) is 3.41. The fourth-order valence-electron chi connectivity index (χ4n) is 3.25. The van der Waals surface area contributed by atoms with Crippen molar-refractivity contribution in [1.29, 1.82) is 0 Å². The third-order valence-corrected chi connectivity index (χ3v) is 5.88. The minimum atomic E-state index is 0.0209. The van der Waals surface area contributed by atoms with E-state index in [4.69, 9.17) is 9.72 Å². The molecule has 2 aliphatic rings. The van der Waals surface area contributed by atoms with Crippen molar-refractivity contribution in [3.05, 3.63) is 47.2 Å². The number of thioether (sulfide) groups is 1. The highest BCUT2D eigenvalue weighted by atomic mass is 32.2. The highest BCUT2D eigenvalue weighted by molar-refractivity contribution is 7.98. The second-order valence-electron chi connectivity index (χ2n) is 7.36. The van der Waals surface area contributed by atoms with Crippen LogP contribution in [-0.4, -0.2) is 42.1 Å². The van der Waals surface area contributed by atoms with E-state index < -0.39 is 0 Å². The Morgan fingerprint density at radius 2 is 1.96 bits per heavy atom. The molecule has 148 valence electrons. The smallest absolute Gasteiger partial charge is 0.251 e. The number of carbonyl (C=O) groups is 1. The van der Waals surface area contributed by atoms with Crippen LogP contribution in [0.3, 0.4) is 0 Å². The van der Waals surface area contributed by atoms with Gasteiger partial charge >= 0.3 is 0 Å². The molecule has 1 aliphatic heterocycles. The van der Waals surface area contributed by atoms with E-state index >= 15 is 0 Å². The van der Waals surface area contributed by atoms with Gasteiger partial charge in [-0.1, -0.05) is 23.9 Å². The molecule has 2 aromatic rings. The third-order valence-electron chi connectivity index (χ3n) is 4.96.